The molecule has 25 heteroatoms. The number of nitrogens with one attached hydrogen (secondary N) is 2. The quantitative estimate of drug-likeness (QED) is 0.0820. The number of nitrogens with zero attached hydrogens (tertiary/aromatic N) is 3. The number of likely N-dealkylation sites (N-methyl/N-ethyl adjacent to an activating group) is 2. The minimum Gasteiger partial charge on any atom is -0.460 e. The number of fused-ring (bicyclic) bond motifs is 7. The van der Waals surface area contributed by atoms with Crippen LogP contribution in [0.1, 0.15) is 115 Å². The lowest BCUT2D eigenvalue weighted by Gasteiger charge is -2.69. The number of amides is 6. The van der Waals surface area contributed by atoms with Gasteiger partial charge in [0.05, 0.1) is 29.8 Å². The minimum absolute atomic E-state index is 0.00453. The summed E-state index contributed by atoms with van der Waals surface area (Å²) in [4.78, 5) is 110. The molecule has 14 atom stereocenters. The highest BCUT2D eigenvalue weighted by Crippen LogP contribution is 2.71. The molecule has 8 N–H and O–H groups in total. The lowest BCUT2D eigenvalue weighted by molar-refractivity contribution is -0.241. The van der Waals surface area contributed by atoms with E-state index in [4.69, 9.17) is 34.2 Å². The van der Waals surface area contributed by atoms with Crippen LogP contribution in [0.4, 0.5) is 15.3 Å². The molecule has 2 aromatic carbocycles. The van der Waals surface area contributed by atoms with Gasteiger partial charge in [0.25, 0.3) is 0 Å². The smallest absolute Gasteiger partial charge is 0.409 e. The molecule has 12 rings (SSSR count). The van der Waals surface area contributed by atoms with Crippen LogP contribution in [0.2, 0.25) is 0 Å². The Labute approximate surface area is 526 Å². The summed E-state index contributed by atoms with van der Waals surface area (Å²) in [6, 6.07) is 12.5. The summed E-state index contributed by atoms with van der Waals surface area (Å²) in [6.45, 7) is 6.31. The van der Waals surface area contributed by atoms with E-state index in [1.807, 2.05) is 39.0 Å². The van der Waals surface area contributed by atoms with Crippen LogP contribution in [-0.2, 0) is 65.5 Å². The number of benzene rings is 2. The van der Waals surface area contributed by atoms with Gasteiger partial charge in [-0.25, -0.2) is 9.59 Å². The van der Waals surface area contributed by atoms with Crippen molar-refractivity contribution < 1.29 is 87.2 Å². The third-order valence-electron chi connectivity index (χ3n) is 20.6. The number of aliphatic hydroxyl groups is 4. The Kier molecular flexibility index (Phi) is 18.3. The third-order valence-corrected chi connectivity index (χ3v) is 21.9. The lowest BCUT2D eigenvalue weighted by atomic mass is 9.38. The van der Waals surface area contributed by atoms with E-state index in [0.717, 1.165) is 41.7 Å². The number of carbonyl (C=O) groups excluding carboxylic acids is 8. The number of ketones is 2. The van der Waals surface area contributed by atoms with Crippen molar-refractivity contribution in [1.29, 1.82) is 0 Å². The number of carbonyl (C=O) groups is 8. The van der Waals surface area contributed by atoms with Crippen molar-refractivity contribution >= 4 is 64.8 Å². The fraction of sp³-hybridized carbons (Fsp3) is 0.631. The van der Waals surface area contributed by atoms with Gasteiger partial charge in [0.2, 0.25) is 35.7 Å². The average Bonchev–Trinajstić information content (AvgIpc) is 1.38. The maximum Gasteiger partial charge on any atom is 0.409 e. The van der Waals surface area contributed by atoms with Crippen LogP contribution in [0.5, 0.6) is 5.75 Å². The first-order chi connectivity index (χ1) is 42.6. The zero-order valence-corrected chi connectivity index (χ0v) is 52.6. The van der Waals surface area contributed by atoms with Gasteiger partial charge in [-0.1, -0.05) is 69.7 Å². The Morgan fingerprint density at radius 2 is 1.59 bits per heavy atom. The van der Waals surface area contributed by atoms with E-state index in [1.165, 1.54) is 59.4 Å². The summed E-state index contributed by atoms with van der Waals surface area (Å²) < 4.78 is 36.5. The standard InChI is InChI=1S/C65H84N6O18S/c1-35(2)90-47-26-52(78)71(56(47)81)20-17-50(76)67-19-16-51(77)68-43-23-37(9-14-46(43)87-58-55(80)54(79)45(74)30-84-58)29-85-59(82)69(5)21-22-70(6)60(83)86-31-48(75)65-49(88-57(89-65)38-10-7-36(8-11-38)27-63-32-64(66,33-63)34-63)25-42-41-13-12-39-24-40(72)15-18-61(39,3)53(41)44(73)28-62(42,65)4/h7-11,14-15,18,23-24,35,41-42,44-45,47,49,53-55,57-58,73-74,79-80H,12-13,16-17,19-22,25-34,66H2,1-6H3,(H,67,76)(H,68,77)/t41-,42-,44-,45+,47?,49+,53+,54-,55+,57+,58-,61-,62-,63?,64?,65+/m0/s1. The molecule has 3 aliphatic heterocycles. The molecule has 6 saturated carbocycles. The third kappa shape index (κ3) is 12.5. The van der Waals surface area contributed by atoms with Gasteiger partial charge in [-0.3, -0.25) is 33.7 Å². The molecule has 2 bridgehead atoms. The summed E-state index contributed by atoms with van der Waals surface area (Å²) in [5, 5.41) is 48.2. The zero-order chi connectivity index (χ0) is 64.4. The molecule has 0 spiro atoms. The van der Waals surface area contributed by atoms with Gasteiger partial charge in [0.15, 0.2) is 24.3 Å². The maximum atomic E-state index is 15.2. The number of thioether (sulfide) groups is 1. The number of likely N-dealkylation sites (tertiary alicyclic amines) is 1. The van der Waals surface area contributed by atoms with Gasteiger partial charge >= 0.3 is 12.2 Å². The van der Waals surface area contributed by atoms with Gasteiger partial charge in [-0.15, -0.1) is 11.8 Å². The van der Waals surface area contributed by atoms with E-state index >= 15 is 4.79 Å². The monoisotopic (exact) mass is 1270 g/mol. The van der Waals surface area contributed by atoms with Gasteiger partial charge in [0, 0.05) is 87.4 Å². The molecule has 2 aromatic rings. The van der Waals surface area contributed by atoms with Crippen LogP contribution in [0.15, 0.2) is 66.3 Å². The Balaban J connectivity index is 0.696. The van der Waals surface area contributed by atoms with Crippen molar-refractivity contribution in [3.05, 3.63) is 83.0 Å². The van der Waals surface area contributed by atoms with Crippen molar-refractivity contribution in [2.24, 2.45) is 39.7 Å². The maximum absolute atomic E-state index is 15.2. The second kappa shape index (κ2) is 25.3. The molecular weight excluding hydrogens is 1180 g/mol. The molecule has 3 saturated heterocycles. The number of allylic oxidation sites excluding steroid dienone is 4. The van der Waals surface area contributed by atoms with Crippen LogP contribution >= 0.6 is 11.8 Å². The number of imide groups is 1. The molecular formula is C65H84N6O18S. The number of hydrogen-bond acceptors (Lipinski definition) is 20. The Bertz CT molecular complexity index is 3210. The number of anilines is 1. The van der Waals surface area contributed by atoms with Crippen LogP contribution in [0.25, 0.3) is 0 Å². The molecule has 9 fully saturated rings. The molecule has 0 radical (unpaired) electrons. The topological polar surface area (TPSA) is 333 Å². The van der Waals surface area contributed by atoms with E-state index < -0.39 is 101 Å². The molecule has 24 nitrogen and oxygen atoms in total. The molecule has 1 unspecified atom stereocenters. The molecule has 10 aliphatic rings. The van der Waals surface area contributed by atoms with E-state index in [9.17, 15) is 54.0 Å². The summed E-state index contributed by atoms with van der Waals surface area (Å²) >= 11 is 1.39. The SMILES string of the molecule is CC(C)SC1CC(=O)N(CCC(=O)NCCC(=O)Nc2cc(COC(=O)N(C)CCN(C)C(=O)OCC(=O)[C@@]34O[C@H](c5ccc(CC67CC(N)(C6)C7)cc5)O[C@@H]3C[C@H]3[C@@H]5CCC6=CC(=O)C=C[C@]6(C)[C@H]5[C@@H](O)C[C@@]34C)ccc2O[C@@H]2OC[C@@H](O)[C@H](O)[C@H]2O)C1=O. The number of aliphatic hydroxyl groups excluding tert-OH is 4. The highest BCUT2D eigenvalue weighted by atomic mass is 32.2. The number of hydrogen-bond donors (Lipinski definition) is 7. The van der Waals surface area contributed by atoms with Crippen molar-refractivity contribution in [1.82, 2.24) is 20.0 Å². The highest BCUT2D eigenvalue weighted by Gasteiger charge is 2.76. The average molecular weight is 1270 g/mol. The van der Waals surface area contributed by atoms with Crippen LogP contribution in [-0.4, -0.2) is 194 Å². The Morgan fingerprint density at radius 3 is 2.29 bits per heavy atom. The molecule has 90 heavy (non-hydrogen) atoms. The molecule has 488 valence electrons. The van der Waals surface area contributed by atoms with Crippen LogP contribution < -0.4 is 21.1 Å². The number of ether oxygens (including phenoxy) is 6. The van der Waals surface area contributed by atoms with Crippen LogP contribution in [0, 0.1) is 34.0 Å². The highest BCUT2D eigenvalue weighted by molar-refractivity contribution is 8.01. The molecule has 6 amide bonds. The second-order valence-electron chi connectivity index (χ2n) is 27.3. The Morgan fingerprint density at radius 1 is 0.889 bits per heavy atom. The predicted octanol–water partition coefficient (Wildman–Crippen LogP) is 3.98. The summed E-state index contributed by atoms with van der Waals surface area (Å²) in [7, 11) is 2.92. The largest absolute Gasteiger partial charge is 0.460 e. The number of Topliss-reactive ketones (excluding diaryl/α,β-unsaturated/α-hetero) is 1. The fourth-order valence-electron chi connectivity index (χ4n) is 16.3. The minimum atomic E-state index is -1.68. The van der Waals surface area contributed by atoms with E-state index in [2.05, 4.69) is 29.7 Å². The summed E-state index contributed by atoms with van der Waals surface area (Å²) in [5.41, 5.74) is 6.85. The second-order valence-corrected chi connectivity index (χ2v) is 29.1. The zero-order valence-electron chi connectivity index (χ0n) is 51.8. The normalized spacial score (nSPS) is 35.2. The van der Waals surface area contributed by atoms with Crippen molar-refractivity contribution in [2.45, 2.75) is 170 Å². The first kappa shape index (κ1) is 65.2. The van der Waals surface area contributed by atoms with E-state index in [-0.39, 0.29) is 128 Å². The first-order valence-electron chi connectivity index (χ1n) is 31.3. The Hall–Kier alpha value is -6.29. The lowest BCUT2D eigenvalue weighted by Crippen LogP contribution is -2.72. The number of nitrogens with two attached hydrogens (primary N) is 1. The predicted molar refractivity (Wildman–Crippen MR) is 324 cm³/mol. The van der Waals surface area contributed by atoms with E-state index in [0.29, 0.717) is 24.8 Å². The fourth-order valence-corrected chi connectivity index (χ4v) is 17.5. The van der Waals surface area contributed by atoms with E-state index in [1.54, 1.807) is 12.2 Å². The molecule has 7 aliphatic carbocycles. The summed E-state index contributed by atoms with van der Waals surface area (Å²) in [5.74, 6) is -2.72. The van der Waals surface area contributed by atoms with Crippen LogP contribution in [0.3, 0.4) is 0 Å². The van der Waals surface area contributed by atoms with Gasteiger partial charge < -0.3 is 75.0 Å². The molecule has 3 heterocycles. The molecule has 0 aromatic heterocycles. The van der Waals surface area contributed by atoms with Gasteiger partial charge in [-0.05, 0) is 109 Å². The van der Waals surface area contributed by atoms with Gasteiger partial charge in [-0.2, -0.15) is 0 Å². The van der Waals surface area contributed by atoms with Crippen molar-refractivity contribution in [2.75, 3.05) is 58.8 Å². The van der Waals surface area contributed by atoms with Crippen molar-refractivity contribution in [3.63, 3.8) is 0 Å². The van der Waals surface area contributed by atoms with Crippen molar-refractivity contribution in [3.8, 4) is 5.75 Å². The number of rotatable bonds is 22. The summed E-state index contributed by atoms with van der Waals surface area (Å²) in [6.07, 6.45) is 0.711. The van der Waals surface area contributed by atoms with Gasteiger partial charge in [0.1, 0.15) is 30.7 Å². The first-order valence-corrected chi connectivity index (χ1v) is 32.2.